The van der Waals surface area contributed by atoms with Gasteiger partial charge in [-0.25, -0.2) is 0 Å². The van der Waals surface area contributed by atoms with Crippen molar-refractivity contribution in [2.75, 3.05) is 13.1 Å². The summed E-state index contributed by atoms with van der Waals surface area (Å²) < 4.78 is 0.485. The Kier molecular flexibility index (Phi) is 2.15. The molecule has 86 valence electrons. The third-order valence-corrected chi connectivity index (χ3v) is 4.43. The highest BCUT2D eigenvalue weighted by atomic mass is 16.4. The quantitative estimate of drug-likeness (QED) is 0.617. The summed E-state index contributed by atoms with van der Waals surface area (Å²) >= 11 is 0. The van der Waals surface area contributed by atoms with Gasteiger partial charge in [-0.05, 0) is 24.8 Å². The summed E-state index contributed by atoms with van der Waals surface area (Å²) in [6, 6.07) is 7.78. The lowest BCUT2D eigenvalue weighted by Crippen LogP contribution is -2.71. The highest BCUT2D eigenvalue weighted by Gasteiger charge is 2.53. The average molecular weight is 219 g/mol. The zero-order valence-corrected chi connectivity index (χ0v) is 9.47. The number of piperidine rings is 1. The first kappa shape index (κ1) is 10.3. The molecule has 0 unspecified atom stereocenters. The molecule has 0 bridgehead atoms. The van der Waals surface area contributed by atoms with Crippen molar-refractivity contribution in [3.63, 3.8) is 0 Å². The molecular formula is C12H18BNO2. The van der Waals surface area contributed by atoms with Crippen molar-refractivity contribution < 1.29 is 14.4 Å². The van der Waals surface area contributed by atoms with Gasteiger partial charge in [-0.3, -0.25) is 0 Å². The highest BCUT2D eigenvalue weighted by Crippen LogP contribution is 2.32. The van der Waals surface area contributed by atoms with E-state index in [1.807, 2.05) is 24.3 Å². The fourth-order valence-electron chi connectivity index (χ4n) is 3.48. The van der Waals surface area contributed by atoms with Crippen LogP contribution >= 0.6 is 0 Å². The molecule has 2 aliphatic heterocycles. The summed E-state index contributed by atoms with van der Waals surface area (Å²) in [7, 11) is 0. The fourth-order valence-corrected chi connectivity index (χ4v) is 3.48. The maximum absolute atomic E-state index is 10.5. The summed E-state index contributed by atoms with van der Waals surface area (Å²) in [6.07, 6.45) is 3.44. The standard InChI is InChI=1S/C12H18BNO2/c15-13(16)12-7-3-2-6-11(12)10-14(13)8-4-1-5-9-14/h2-3,6-7,15-16H,1,4-5,8-10H2. The minimum atomic E-state index is -2.39. The molecule has 3 rings (SSSR count). The number of quaternary nitrogens is 1. The molecule has 4 heteroatoms. The highest BCUT2D eigenvalue weighted by molar-refractivity contribution is 6.73. The van der Waals surface area contributed by atoms with Crippen molar-refractivity contribution in [2.24, 2.45) is 0 Å². The Morgan fingerprint density at radius 3 is 2.38 bits per heavy atom. The average Bonchev–Trinajstić information content (AvgIpc) is 2.50. The van der Waals surface area contributed by atoms with Gasteiger partial charge in [-0.15, -0.1) is 0 Å². The number of nitrogens with zero attached hydrogens (tertiary/aromatic N) is 1. The molecule has 0 aromatic heterocycles. The molecule has 1 spiro atoms. The minimum absolute atomic E-state index is 0.485. The first-order valence-corrected chi connectivity index (χ1v) is 6.19. The minimum Gasteiger partial charge on any atom is -0.524 e. The first-order valence-electron chi connectivity index (χ1n) is 6.19. The monoisotopic (exact) mass is 219 g/mol. The number of hydrogen-bond donors (Lipinski definition) is 2. The summed E-state index contributed by atoms with van der Waals surface area (Å²) in [5, 5.41) is 21.0. The van der Waals surface area contributed by atoms with Crippen molar-refractivity contribution >= 4 is 12.1 Å². The maximum atomic E-state index is 10.5. The third-order valence-electron chi connectivity index (χ3n) is 4.43. The summed E-state index contributed by atoms with van der Waals surface area (Å²) in [5.74, 6) is 0. The Labute approximate surface area is 95.9 Å². The number of benzene rings is 1. The van der Waals surface area contributed by atoms with Crippen molar-refractivity contribution in [1.82, 2.24) is 0 Å². The zero-order chi connectivity index (χ0) is 11.2. The first-order chi connectivity index (χ1) is 7.66. The molecule has 0 saturated carbocycles. The van der Waals surface area contributed by atoms with E-state index in [-0.39, 0.29) is 0 Å². The molecule has 1 fully saturated rings. The zero-order valence-electron chi connectivity index (χ0n) is 9.47. The molecule has 0 radical (unpaired) electrons. The fraction of sp³-hybridized carbons (Fsp3) is 0.500. The number of fused-ring (bicyclic) bond motifs is 1. The van der Waals surface area contributed by atoms with Gasteiger partial charge in [0.1, 0.15) is 0 Å². The molecule has 16 heavy (non-hydrogen) atoms. The van der Waals surface area contributed by atoms with Crippen LogP contribution in [-0.4, -0.2) is 34.2 Å². The van der Waals surface area contributed by atoms with Crippen LogP contribution in [0.25, 0.3) is 0 Å². The topological polar surface area (TPSA) is 40.5 Å². The molecule has 1 aromatic carbocycles. The van der Waals surface area contributed by atoms with E-state index in [1.165, 1.54) is 6.42 Å². The van der Waals surface area contributed by atoms with Crippen molar-refractivity contribution in [3.05, 3.63) is 29.8 Å². The molecule has 1 aromatic rings. The van der Waals surface area contributed by atoms with Crippen LogP contribution in [0.4, 0.5) is 0 Å². The van der Waals surface area contributed by atoms with Gasteiger partial charge in [0, 0.05) is 13.1 Å². The van der Waals surface area contributed by atoms with Crippen LogP contribution in [0, 0.1) is 0 Å². The Hall–Kier alpha value is -0.835. The van der Waals surface area contributed by atoms with Gasteiger partial charge >= 0.3 is 6.69 Å². The second-order valence-electron chi connectivity index (χ2n) is 5.32. The molecular weight excluding hydrogens is 201 g/mol. The smallest absolute Gasteiger partial charge is 0.498 e. The second kappa shape index (κ2) is 3.33. The molecule has 2 aliphatic rings. The predicted molar refractivity (Wildman–Crippen MR) is 63.8 cm³/mol. The van der Waals surface area contributed by atoms with Crippen molar-refractivity contribution in [1.29, 1.82) is 0 Å². The molecule has 2 N–H and O–H groups in total. The van der Waals surface area contributed by atoms with Gasteiger partial charge in [0.25, 0.3) is 0 Å². The largest absolute Gasteiger partial charge is 0.524 e. The van der Waals surface area contributed by atoms with E-state index in [0.717, 1.165) is 43.5 Å². The Bertz CT molecular complexity index is 413. The van der Waals surface area contributed by atoms with Gasteiger partial charge in [-0.2, -0.15) is 0 Å². The van der Waals surface area contributed by atoms with Crippen molar-refractivity contribution in [2.45, 2.75) is 25.8 Å². The van der Waals surface area contributed by atoms with Crippen LogP contribution in [0.3, 0.4) is 0 Å². The SMILES string of the molecule is O[B-]1(O)c2ccccc2C[N+]12CCCCC2. The van der Waals surface area contributed by atoms with Crippen LogP contribution < -0.4 is 5.46 Å². The molecule has 2 heterocycles. The Balaban J connectivity index is 2.07. The van der Waals surface area contributed by atoms with Crippen LogP contribution in [-0.2, 0) is 6.54 Å². The Morgan fingerprint density at radius 1 is 1.00 bits per heavy atom. The lowest BCUT2D eigenvalue weighted by Gasteiger charge is -2.52. The molecule has 3 nitrogen and oxygen atoms in total. The second-order valence-corrected chi connectivity index (χ2v) is 5.32. The van der Waals surface area contributed by atoms with Crippen LogP contribution in [0.2, 0.25) is 0 Å². The van der Waals surface area contributed by atoms with Gasteiger partial charge < -0.3 is 14.4 Å². The summed E-state index contributed by atoms with van der Waals surface area (Å²) in [5.41, 5.74) is 1.89. The predicted octanol–water partition coefficient (Wildman–Crippen LogP) is 0.331. The van der Waals surface area contributed by atoms with Crippen LogP contribution in [0.5, 0.6) is 0 Å². The van der Waals surface area contributed by atoms with Gasteiger partial charge in [0.2, 0.25) is 0 Å². The molecule has 1 saturated heterocycles. The third kappa shape index (κ3) is 1.21. The lowest BCUT2D eigenvalue weighted by molar-refractivity contribution is -0.862. The molecule has 0 atom stereocenters. The van der Waals surface area contributed by atoms with Crippen LogP contribution in [0.1, 0.15) is 24.8 Å². The molecule has 0 amide bonds. The summed E-state index contributed by atoms with van der Waals surface area (Å²) in [6.45, 7) is 0.213. The maximum Gasteiger partial charge on any atom is 0.498 e. The van der Waals surface area contributed by atoms with E-state index < -0.39 is 6.69 Å². The Morgan fingerprint density at radius 2 is 1.69 bits per heavy atom. The van der Waals surface area contributed by atoms with E-state index >= 15 is 0 Å². The van der Waals surface area contributed by atoms with Gasteiger partial charge in [0.15, 0.2) is 0 Å². The lowest BCUT2D eigenvalue weighted by atomic mass is 9.61. The summed E-state index contributed by atoms with van der Waals surface area (Å²) in [4.78, 5) is 0. The van der Waals surface area contributed by atoms with Gasteiger partial charge in [0.05, 0.1) is 6.54 Å². The van der Waals surface area contributed by atoms with E-state index in [9.17, 15) is 10.0 Å². The van der Waals surface area contributed by atoms with E-state index in [1.54, 1.807) is 0 Å². The van der Waals surface area contributed by atoms with E-state index in [0.29, 0.717) is 4.39 Å². The van der Waals surface area contributed by atoms with E-state index in [4.69, 9.17) is 0 Å². The number of rotatable bonds is 0. The van der Waals surface area contributed by atoms with Crippen molar-refractivity contribution in [3.8, 4) is 0 Å². The molecule has 0 aliphatic carbocycles. The number of hydrogen-bond acceptors (Lipinski definition) is 2. The van der Waals surface area contributed by atoms with Crippen LogP contribution in [0.15, 0.2) is 24.3 Å². The van der Waals surface area contributed by atoms with Gasteiger partial charge in [-0.1, -0.05) is 29.7 Å². The normalized spacial score (nSPS) is 25.6. The van der Waals surface area contributed by atoms with E-state index in [2.05, 4.69) is 0 Å².